The molecule has 0 atom stereocenters. The highest BCUT2D eigenvalue weighted by atomic mass is 19.4. The molecule has 2 rings (SSSR count). The summed E-state index contributed by atoms with van der Waals surface area (Å²) in [6.45, 7) is -0.0300. The Morgan fingerprint density at radius 3 is 2.47 bits per heavy atom. The van der Waals surface area contributed by atoms with Crippen molar-refractivity contribution in [1.82, 2.24) is 5.32 Å². The Hall–Kier alpha value is -1.36. The second-order valence-electron chi connectivity index (χ2n) is 4.83. The van der Waals surface area contributed by atoms with Crippen molar-refractivity contribution < 1.29 is 18.0 Å². The highest BCUT2D eigenvalue weighted by Crippen LogP contribution is 2.32. The predicted octanol–water partition coefficient (Wildman–Crippen LogP) is 3.42. The van der Waals surface area contributed by atoms with Crippen molar-refractivity contribution in [2.45, 2.75) is 37.9 Å². The summed E-state index contributed by atoms with van der Waals surface area (Å²) in [4.78, 5) is 11.9. The van der Waals surface area contributed by atoms with Gasteiger partial charge in [0.05, 0.1) is 12.1 Å². The minimum Gasteiger partial charge on any atom is -0.307 e. The Balaban J connectivity index is 2.06. The lowest BCUT2D eigenvalue weighted by Gasteiger charge is -2.14. The van der Waals surface area contributed by atoms with Gasteiger partial charge in [0.1, 0.15) is 0 Å². The standard InChI is InChI=1S/C14H16F3NO/c15-14(16,17)12-8-4-3-7-11(12)13(19)9-18-10-5-1-2-6-10/h3-4,7-8,10,18H,1-2,5-6,9H2. The normalized spacial score (nSPS) is 16.8. The zero-order chi connectivity index (χ0) is 13.9. The Bertz CT molecular complexity index is 450. The first-order valence-electron chi connectivity index (χ1n) is 6.41. The van der Waals surface area contributed by atoms with Gasteiger partial charge in [0.25, 0.3) is 0 Å². The smallest absolute Gasteiger partial charge is 0.307 e. The summed E-state index contributed by atoms with van der Waals surface area (Å²) in [6, 6.07) is 5.20. The topological polar surface area (TPSA) is 29.1 Å². The lowest BCUT2D eigenvalue weighted by atomic mass is 10.0. The number of hydrogen-bond acceptors (Lipinski definition) is 2. The van der Waals surface area contributed by atoms with Crippen molar-refractivity contribution in [1.29, 1.82) is 0 Å². The van der Waals surface area contributed by atoms with E-state index in [9.17, 15) is 18.0 Å². The van der Waals surface area contributed by atoms with E-state index in [2.05, 4.69) is 5.32 Å². The van der Waals surface area contributed by atoms with E-state index in [0.29, 0.717) is 0 Å². The second kappa shape index (κ2) is 5.74. The van der Waals surface area contributed by atoms with E-state index in [-0.39, 0.29) is 18.2 Å². The molecular weight excluding hydrogens is 255 g/mol. The zero-order valence-corrected chi connectivity index (χ0v) is 10.5. The van der Waals surface area contributed by atoms with Gasteiger partial charge in [-0.3, -0.25) is 4.79 Å². The number of benzene rings is 1. The van der Waals surface area contributed by atoms with Crippen molar-refractivity contribution in [2.75, 3.05) is 6.54 Å². The molecule has 1 aromatic carbocycles. The number of carbonyl (C=O) groups is 1. The Morgan fingerprint density at radius 1 is 1.21 bits per heavy atom. The molecule has 0 aromatic heterocycles. The molecule has 0 radical (unpaired) electrons. The average Bonchev–Trinajstić information content (AvgIpc) is 2.88. The number of alkyl halides is 3. The highest BCUT2D eigenvalue weighted by molar-refractivity contribution is 5.99. The van der Waals surface area contributed by atoms with E-state index in [0.717, 1.165) is 31.7 Å². The van der Waals surface area contributed by atoms with Gasteiger partial charge in [-0.2, -0.15) is 13.2 Å². The fourth-order valence-corrected chi connectivity index (χ4v) is 2.44. The van der Waals surface area contributed by atoms with Crippen molar-refractivity contribution >= 4 is 5.78 Å². The third-order valence-corrected chi connectivity index (χ3v) is 3.44. The summed E-state index contributed by atoms with van der Waals surface area (Å²) in [7, 11) is 0. The summed E-state index contributed by atoms with van der Waals surface area (Å²) >= 11 is 0. The van der Waals surface area contributed by atoms with Crippen LogP contribution in [0, 0.1) is 0 Å². The lowest BCUT2D eigenvalue weighted by molar-refractivity contribution is -0.137. The average molecular weight is 271 g/mol. The van der Waals surface area contributed by atoms with Crippen LogP contribution in [-0.2, 0) is 6.18 Å². The van der Waals surface area contributed by atoms with Crippen LogP contribution in [0.25, 0.3) is 0 Å². The molecule has 0 unspecified atom stereocenters. The molecule has 1 aliphatic carbocycles. The fourth-order valence-electron chi connectivity index (χ4n) is 2.44. The van der Waals surface area contributed by atoms with Crippen molar-refractivity contribution in [3.05, 3.63) is 35.4 Å². The molecule has 1 N–H and O–H groups in total. The number of nitrogens with one attached hydrogen (secondary N) is 1. The van der Waals surface area contributed by atoms with Crippen LogP contribution in [0.3, 0.4) is 0 Å². The minimum atomic E-state index is -4.49. The van der Waals surface area contributed by atoms with E-state index in [1.165, 1.54) is 18.2 Å². The van der Waals surface area contributed by atoms with Crippen LogP contribution >= 0.6 is 0 Å². The van der Waals surface area contributed by atoms with Crippen molar-refractivity contribution in [3.8, 4) is 0 Å². The third-order valence-electron chi connectivity index (χ3n) is 3.44. The highest BCUT2D eigenvalue weighted by Gasteiger charge is 2.34. The molecule has 2 nitrogen and oxygen atoms in total. The summed E-state index contributed by atoms with van der Waals surface area (Å²) in [6.07, 6.45) is -0.266. The Kier molecular flexibility index (Phi) is 4.24. The van der Waals surface area contributed by atoms with Gasteiger partial charge < -0.3 is 5.32 Å². The summed E-state index contributed by atoms with van der Waals surface area (Å²) < 4.78 is 38.3. The predicted molar refractivity (Wildman–Crippen MR) is 66.0 cm³/mol. The SMILES string of the molecule is O=C(CNC1CCCC1)c1ccccc1C(F)(F)F. The molecule has 0 aliphatic heterocycles. The quantitative estimate of drug-likeness (QED) is 0.850. The van der Waals surface area contributed by atoms with Crippen molar-refractivity contribution in [2.24, 2.45) is 0 Å². The van der Waals surface area contributed by atoms with Gasteiger partial charge in [-0.25, -0.2) is 0 Å². The first-order chi connectivity index (χ1) is 8.98. The van der Waals surface area contributed by atoms with Crippen molar-refractivity contribution in [3.63, 3.8) is 0 Å². The second-order valence-corrected chi connectivity index (χ2v) is 4.83. The molecule has 19 heavy (non-hydrogen) atoms. The number of ketones is 1. The fraction of sp³-hybridized carbons (Fsp3) is 0.500. The zero-order valence-electron chi connectivity index (χ0n) is 10.5. The van der Waals surface area contributed by atoms with Gasteiger partial charge in [0, 0.05) is 11.6 Å². The largest absolute Gasteiger partial charge is 0.417 e. The summed E-state index contributed by atoms with van der Waals surface area (Å²) in [5, 5.41) is 3.04. The number of carbonyl (C=O) groups excluding carboxylic acids is 1. The maximum atomic E-state index is 12.8. The molecule has 0 saturated heterocycles. The lowest BCUT2D eigenvalue weighted by Crippen LogP contribution is -2.32. The van der Waals surface area contributed by atoms with Crippen LogP contribution in [0.5, 0.6) is 0 Å². The van der Waals surface area contributed by atoms with E-state index in [1.54, 1.807) is 0 Å². The van der Waals surface area contributed by atoms with Crippen LogP contribution in [0.15, 0.2) is 24.3 Å². The Morgan fingerprint density at radius 2 is 1.84 bits per heavy atom. The van der Waals surface area contributed by atoms with Gasteiger partial charge in [0.2, 0.25) is 0 Å². The van der Waals surface area contributed by atoms with E-state index < -0.39 is 17.5 Å². The molecule has 0 bridgehead atoms. The van der Waals surface area contributed by atoms with Gasteiger partial charge >= 0.3 is 6.18 Å². The number of hydrogen-bond donors (Lipinski definition) is 1. The molecule has 0 spiro atoms. The van der Waals surface area contributed by atoms with E-state index >= 15 is 0 Å². The summed E-state index contributed by atoms with van der Waals surface area (Å²) in [5.74, 6) is -0.500. The minimum absolute atomic E-state index is 0.0300. The van der Waals surface area contributed by atoms with E-state index in [4.69, 9.17) is 0 Å². The maximum Gasteiger partial charge on any atom is 0.417 e. The molecule has 0 heterocycles. The van der Waals surface area contributed by atoms with Crippen LogP contribution in [0.1, 0.15) is 41.6 Å². The first kappa shape index (κ1) is 14.1. The molecule has 1 fully saturated rings. The molecule has 1 saturated carbocycles. The molecule has 1 aliphatic rings. The Labute approximate surface area is 110 Å². The van der Waals surface area contributed by atoms with Crippen LogP contribution in [-0.4, -0.2) is 18.4 Å². The maximum absolute atomic E-state index is 12.8. The van der Waals surface area contributed by atoms with Crippen LogP contribution < -0.4 is 5.32 Å². The molecule has 104 valence electrons. The van der Waals surface area contributed by atoms with Crippen LogP contribution in [0.2, 0.25) is 0 Å². The van der Waals surface area contributed by atoms with Gasteiger partial charge in [-0.15, -0.1) is 0 Å². The van der Waals surface area contributed by atoms with Gasteiger partial charge in [0.15, 0.2) is 5.78 Å². The summed E-state index contributed by atoms with van der Waals surface area (Å²) in [5.41, 5.74) is -1.10. The molecule has 5 heteroatoms. The van der Waals surface area contributed by atoms with E-state index in [1.807, 2.05) is 0 Å². The molecule has 1 aromatic rings. The van der Waals surface area contributed by atoms with Gasteiger partial charge in [-0.05, 0) is 18.9 Å². The number of halogens is 3. The third kappa shape index (κ3) is 3.56. The monoisotopic (exact) mass is 271 g/mol. The van der Waals surface area contributed by atoms with Crippen LogP contribution in [0.4, 0.5) is 13.2 Å². The number of rotatable bonds is 4. The van der Waals surface area contributed by atoms with Gasteiger partial charge in [-0.1, -0.05) is 31.0 Å². The molecular formula is C14H16F3NO. The molecule has 0 amide bonds. The number of Topliss-reactive ketones (excluding diaryl/α,β-unsaturated/α-hetero) is 1. The first-order valence-corrected chi connectivity index (χ1v) is 6.41.